The normalized spacial score (nSPS) is 10.6. The van der Waals surface area contributed by atoms with Gasteiger partial charge in [0.15, 0.2) is 0 Å². The molecule has 0 spiro atoms. The Bertz CT molecular complexity index is 333. The second-order valence-electron chi connectivity index (χ2n) is 9.36. The van der Waals surface area contributed by atoms with E-state index in [0.29, 0.717) is 0 Å². The number of nitrogens with one attached hydrogen (secondary N) is 1. The lowest BCUT2D eigenvalue weighted by molar-refractivity contribution is -0.131. The van der Waals surface area contributed by atoms with Gasteiger partial charge in [-0.1, -0.05) is 149 Å². The molecule has 0 aliphatic rings. The summed E-state index contributed by atoms with van der Waals surface area (Å²) >= 11 is 0. The quantitative estimate of drug-likeness (QED) is 0.107. The van der Waals surface area contributed by atoms with Gasteiger partial charge < -0.3 is 10.4 Å². The zero-order valence-electron chi connectivity index (χ0n) is 22.1. The van der Waals surface area contributed by atoms with Gasteiger partial charge in [-0.05, 0) is 25.9 Å². The van der Waals surface area contributed by atoms with Crippen molar-refractivity contribution in [3.63, 3.8) is 0 Å². The van der Waals surface area contributed by atoms with Crippen LogP contribution in [-0.2, 0) is 4.79 Å². The van der Waals surface area contributed by atoms with Crippen LogP contribution in [0.5, 0.6) is 0 Å². The maximum Gasteiger partial charge on any atom is 0.327 e. The van der Waals surface area contributed by atoms with E-state index in [1.54, 1.807) is 0 Å². The van der Waals surface area contributed by atoms with E-state index >= 15 is 0 Å². The van der Waals surface area contributed by atoms with Crippen molar-refractivity contribution in [3.8, 4) is 0 Å². The predicted molar refractivity (Wildman–Crippen MR) is 144 cm³/mol. The molecule has 0 atom stereocenters. The van der Waals surface area contributed by atoms with Crippen molar-refractivity contribution in [1.82, 2.24) is 5.32 Å². The largest absolute Gasteiger partial charge is 0.478 e. The van der Waals surface area contributed by atoms with Crippen LogP contribution < -0.4 is 5.32 Å². The summed E-state index contributed by atoms with van der Waals surface area (Å²) < 4.78 is 0. The number of hydrogen-bond donors (Lipinski definition) is 2. The average Bonchev–Trinajstić information content (AvgIpc) is 2.80. The van der Waals surface area contributed by atoms with Gasteiger partial charge in [-0.2, -0.15) is 0 Å². The number of carbonyl (C=O) groups is 1. The molecule has 192 valence electrons. The maximum absolute atomic E-state index is 9.25. The van der Waals surface area contributed by atoms with Crippen molar-refractivity contribution in [1.29, 1.82) is 0 Å². The van der Waals surface area contributed by atoms with Crippen LogP contribution in [-0.4, -0.2) is 24.2 Å². The highest BCUT2D eigenvalue weighted by Crippen LogP contribution is 2.12. The molecule has 0 heterocycles. The van der Waals surface area contributed by atoms with Crippen LogP contribution >= 0.6 is 0 Å². The predicted octanol–water partition coefficient (Wildman–Crippen LogP) is 9.46. The van der Waals surface area contributed by atoms with Gasteiger partial charge in [-0.3, -0.25) is 0 Å². The minimum atomic E-state index is -0.981. The molecular formula is C29H59NO2. The van der Waals surface area contributed by atoms with Crippen LogP contribution in [0, 0.1) is 0 Å². The van der Waals surface area contributed by atoms with Gasteiger partial charge in [0.2, 0.25) is 0 Å². The fourth-order valence-electron chi connectivity index (χ4n) is 3.95. The molecule has 0 bridgehead atoms. The molecule has 0 fully saturated rings. The minimum absolute atomic E-state index is 0.833. The summed E-state index contributed by atoms with van der Waals surface area (Å²) in [5.74, 6) is -0.981. The van der Waals surface area contributed by atoms with Crippen LogP contribution in [0.15, 0.2) is 12.7 Å². The Morgan fingerprint density at radius 1 is 0.562 bits per heavy atom. The lowest BCUT2D eigenvalue weighted by Gasteiger charge is -2.06. The Hall–Kier alpha value is -0.830. The Morgan fingerprint density at radius 2 is 0.781 bits per heavy atom. The highest BCUT2D eigenvalue weighted by atomic mass is 16.4. The van der Waals surface area contributed by atoms with E-state index in [-0.39, 0.29) is 0 Å². The Balaban J connectivity index is 0. The van der Waals surface area contributed by atoms with Gasteiger partial charge in [0.1, 0.15) is 0 Å². The molecule has 0 aliphatic heterocycles. The zero-order valence-corrected chi connectivity index (χ0v) is 22.1. The summed E-state index contributed by atoms with van der Waals surface area (Å²) in [5.41, 5.74) is 0. The highest BCUT2D eigenvalue weighted by Gasteiger charge is 1.95. The van der Waals surface area contributed by atoms with E-state index in [2.05, 4.69) is 25.7 Å². The first-order valence-corrected chi connectivity index (χ1v) is 14.2. The summed E-state index contributed by atoms with van der Waals surface area (Å²) in [4.78, 5) is 9.25. The second kappa shape index (κ2) is 32.4. The van der Waals surface area contributed by atoms with E-state index < -0.39 is 5.97 Å². The van der Waals surface area contributed by atoms with E-state index in [1.807, 2.05) is 0 Å². The van der Waals surface area contributed by atoms with E-state index in [0.717, 1.165) is 6.08 Å². The number of aliphatic carboxylic acids is 1. The summed E-state index contributed by atoms with van der Waals surface area (Å²) in [6.45, 7) is 10.0. The second-order valence-corrected chi connectivity index (χ2v) is 9.36. The van der Waals surface area contributed by atoms with Crippen LogP contribution in [0.2, 0.25) is 0 Å². The smallest absolute Gasteiger partial charge is 0.327 e. The summed E-state index contributed by atoms with van der Waals surface area (Å²) in [7, 11) is 0. The summed E-state index contributed by atoms with van der Waals surface area (Å²) in [6, 6.07) is 0. The van der Waals surface area contributed by atoms with Crippen molar-refractivity contribution < 1.29 is 9.90 Å². The first kappa shape index (κ1) is 33.3. The highest BCUT2D eigenvalue weighted by molar-refractivity contribution is 5.78. The van der Waals surface area contributed by atoms with E-state index in [9.17, 15) is 4.79 Å². The molecule has 32 heavy (non-hydrogen) atoms. The Morgan fingerprint density at radius 3 is 1.00 bits per heavy atom. The van der Waals surface area contributed by atoms with Crippen molar-refractivity contribution in [2.45, 2.75) is 155 Å². The van der Waals surface area contributed by atoms with Crippen molar-refractivity contribution in [2.24, 2.45) is 0 Å². The van der Waals surface area contributed by atoms with E-state index in [1.165, 1.54) is 154 Å². The topological polar surface area (TPSA) is 49.3 Å². The monoisotopic (exact) mass is 453 g/mol. The molecule has 0 aromatic carbocycles. The summed E-state index contributed by atoms with van der Waals surface area (Å²) in [5, 5.41) is 11.3. The molecule has 2 N–H and O–H groups in total. The molecule has 3 heteroatoms. The van der Waals surface area contributed by atoms with Crippen LogP contribution in [0.25, 0.3) is 0 Å². The third-order valence-corrected chi connectivity index (χ3v) is 6.09. The molecule has 0 aromatic heterocycles. The maximum atomic E-state index is 9.25. The van der Waals surface area contributed by atoms with Gasteiger partial charge in [0, 0.05) is 6.08 Å². The molecule has 0 unspecified atom stereocenters. The minimum Gasteiger partial charge on any atom is -0.478 e. The van der Waals surface area contributed by atoms with Crippen LogP contribution in [0.4, 0.5) is 0 Å². The van der Waals surface area contributed by atoms with Gasteiger partial charge in [-0.15, -0.1) is 0 Å². The lowest BCUT2D eigenvalue weighted by atomic mass is 10.1. The van der Waals surface area contributed by atoms with Gasteiger partial charge in [0.05, 0.1) is 0 Å². The van der Waals surface area contributed by atoms with Gasteiger partial charge in [-0.25, -0.2) is 4.79 Å². The fourth-order valence-corrected chi connectivity index (χ4v) is 3.95. The molecule has 0 aliphatic carbocycles. The van der Waals surface area contributed by atoms with Gasteiger partial charge >= 0.3 is 5.97 Å². The zero-order chi connectivity index (χ0) is 24.0. The molecule has 0 amide bonds. The molecule has 0 aromatic rings. The third kappa shape index (κ3) is 36.5. The van der Waals surface area contributed by atoms with Crippen LogP contribution in [0.3, 0.4) is 0 Å². The van der Waals surface area contributed by atoms with Gasteiger partial charge in [0.25, 0.3) is 0 Å². The number of carboxylic acid groups (broad SMARTS) is 1. The van der Waals surface area contributed by atoms with Crippen molar-refractivity contribution >= 4 is 5.97 Å². The molecule has 3 nitrogen and oxygen atoms in total. The molecule has 0 rings (SSSR count). The molecule has 0 saturated carbocycles. The number of hydrogen-bond acceptors (Lipinski definition) is 2. The number of unbranched alkanes of at least 4 members (excludes halogenated alkanes) is 20. The molecule has 0 radical (unpaired) electrons. The standard InChI is InChI=1S/C26H55N.C3H4O2/c1-3-5-7-9-11-13-15-17-19-21-23-25-27-26-24-22-20-18-16-14-12-10-8-6-4-2;1-2-3(4)5/h27H,3-26H2,1-2H3;2H,1H2,(H,4,5). The van der Waals surface area contributed by atoms with Crippen LogP contribution in [0.1, 0.15) is 155 Å². The number of rotatable bonds is 25. The summed E-state index contributed by atoms with van der Waals surface area (Å²) in [6.07, 6.45) is 32.6. The van der Waals surface area contributed by atoms with Crippen molar-refractivity contribution in [2.75, 3.05) is 13.1 Å². The Kier molecular flexibility index (Phi) is 33.7. The molecule has 0 saturated heterocycles. The Labute approximate surface area is 202 Å². The lowest BCUT2D eigenvalue weighted by Crippen LogP contribution is -2.16. The SMILES string of the molecule is C=CC(=O)O.CCCCCCCCCCCCCNCCCCCCCCCCCCC. The fraction of sp³-hybridized carbons (Fsp3) is 0.897. The van der Waals surface area contributed by atoms with E-state index in [4.69, 9.17) is 5.11 Å². The third-order valence-electron chi connectivity index (χ3n) is 6.09. The first-order chi connectivity index (χ1) is 15.7. The first-order valence-electron chi connectivity index (χ1n) is 14.2. The van der Waals surface area contributed by atoms with Crippen molar-refractivity contribution in [3.05, 3.63) is 12.7 Å². The average molecular weight is 454 g/mol. The number of carboxylic acids is 1. The molecular weight excluding hydrogens is 394 g/mol.